The monoisotopic (exact) mass is 582 g/mol. The molecule has 0 saturated heterocycles. The lowest BCUT2D eigenvalue weighted by Gasteiger charge is -2.21. The SMILES string of the molecule is C[CH2][Al]([O]c1c(Cl)c(Cl)c(Cl)c(Cl)c1Cl)[O]c1c(Cl)c(Cl)c(Cl)c(Cl)c1Cl. The molecule has 0 spiro atoms. The number of rotatable bonds is 5. The standard InChI is InChI=1S/2C6HCl5O.C2H5.Al/c2*7-1-2(8)4(10)6(12)5(11)3(1)9;1-2;/h2*12H;1H2,2H3;/q;;;+2/p-2. The Balaban J connectivity index is 2.45. The lowest BCUT2D eigenvalue weighted by atomic mass is 10.3. The molecule has 0 N–H and O–H groups in total. The third-order valence-electron chi connectivity index (χ3n) is 3.17. The van der Waals surface area contributed by atoms with E-state index >= 15 is 0 Å². The van der Waals surface area contributed by atoms with Crippen molar-refractivity contribution in [2.24, 2.45) is 0 Å². The van der Waals surface area contributed by atoms with Gasteiger partial charge in [0.15, 0.2) is 0 Å². The van der Waals surface area contributed by atoms with E-state index in [0.717, 1.165) is 0 Å². The Morgan fingerprint density at radius 3 is 0.926 bits per heavy atom. The summed E-state index contributed by atoms with van der Waals surface area (Å²) < 4.78 is 11.7. The van der Waals surface area contributed by atoms with Crippen molar-refractivity contribution >= 4 is 131 Å². The van der Waals surface area contributed by atoms with Gasteiger partial charge in [-0.1, -0.05) is 123 Å². The van der Waals surface area contributed by atoms with Crippen LogP contribution in [-0.4, -0.2) is 14.8 Å². The van der Waals surface area contributed by atoms with Crippen molar-refractivity contribution in [2.75, 3.05) is 0 Å². The molecule has 0 bridgehead atoms. The normalized spacial score (nSPS) is 10.9. The largest absolute Gasteiger partial charge is 0.856 e. The lowest BCUT2D eigenvalue weighted by Crippen LogP contribution is -2.29. The molecule has 0 unspecified atom stereocenters. The average Bonchev–Trinajstić information content (AvgIpc) is 2.66. The summed E-state index contributed by atoms with van der Waals surface area (Å²) in [4.78, 5) is 0. The van der Waals surface area contributed by atoms with Gasteiger partial charge in [-0.25, -0.2) is 0 Å². The first kappa shape index (κ1) is 24.7. The molecule has 0 amide bonds. The third-order valence-corrected chi connectivity index (χ3v) is 9.32. The van der Waals surface area contributed by atoms with Crippen LogP contribution in [-0.2, 0) is 0 Å². The molecule has 0 aliphatic carbocycles. The maximum absolute atomic E-state index is 6.18. The van der Waals surface area contributed by atoms with Gasteiger partial charge in [0.1, 0.15) is 31.6 Å². The number of hydrogen-bond donors (Lipinski definition) is 0. The first-order valence-corrected chi connectivity index (χ1v) is 12.4. The van der Waals surface area contributed by atoms with E-state index in [9.17, 15) is 0 Å². The summed E-state index contributed by atoms with van der Waals surface area (Å²) >= 11 is 58.3. The highest BCUT2D eigenvalue weighted by Gasteiger charge is 2.35. The molecule has 146 valence electrons. The van der Waals surface area contributed by atoms with Crippen LogP contribution < -0.4 is 7.58 Å². The summed E-state index contributed by atoms with van der Waals surface area (Å²) in [5, 5.41) is 0.461. The Bertz CT molecular complexity index is 775. The van der Waals surface area contributed by atoms with Gasteiger partial charge >= 0.3 is 14.8 Å². The predicted octanol–water partition coefficient (Wildman–Crippen LogP) is 10.2. The van der Waals surface area contributed by atoms with Gasteiger partial charge in [0.05, 0.1) is 30.1 Å². The molecule has 0 radical (unpaired) electrons. The first-order valence-electron chi connectivity index (χ1n) is 6.88. The van der Waals surface area contributed by atoms with Crippen molar-refractivity contribution in [3.05, 3.63) is 50.2 Å². The van der Waals surface area contributed by atoms with Crippen LogP contribution in [0.2, 0.25) is 55.5 Å². The van der Waals surface area contributed by atoms with E-state index in [1.165, 1.54) is 0 Å². The summed E-state index contributed by atoms with van der Waals surface area (Å²) in [5.74, 6) is 0.0734. The fraction of sp³-hybridized carbons (Fsp3) is 0.143. The van der Waals surface area contributed by atoms with Crippen molar-refractivity contribution in [1.29, 1.82) is 0 Å². The second kappa shape index (κ2) is 10.2. The molecule has 0 atom stereocenters. The van der Waals surface area contributed by atoms with E-state index in [-0.39, 0.29) is 61.7 Å². The van der Waals surface area contributed by atoms with Crippen LogP contribution in [0.25, 0.3) is 0 Å². The molecule has 2 aromatic carbocycles. The number of benzene rings is 2. The molecule has 2 nitrogen and oxygen atoms in total. The van der Waals surface area contributed by atoms with Gasteiger partial charge in [-0.15, -0.1) is 0 Å². The minimum Gasteiger partial charge on any atom is -0.610 e. The highest BCUT2D eigenvalue weighted by molar-refractivity contribution is 6.58. The molecule has 0 fully saturated rings. The first-order chi connectivity index (χ1) is 12.5. The molecule has 2 aromatic rings. The lowest BCUT2D eigenvalue weighted by molar-refractivity contribution is 0.423. The quantitative estimate of drug-likeness (QED) is 0.197. The summed E-state index contributed by atoms with van der Waals surface area (Å²) in [6, 6.07) is 0. The molecule has 0 saturated carbocycles. The Morgan fingerprint density at radius 2 is 0.704 bits per heavy atom. The third kappa shape index (κ3) is 5.04. The van der Waals surface area contributed by atoms with Gasteiger partial charge < -0.3 is 7.58 Å². The van der Waals surface area contributed by atoms with Crippen LogP contribution >= 0.6 is 116 Å². The summed E-state index contributed by atoms with van der Waals surface area (Å²) in [7, 11) is 0. The summed E-state index contributed by atoms with van der Waals surface area (Å²) in [6.45, 7) is 1.82. The van der Waals surface area contributed by atoms with E-state index in [1.54, 1.807) is 0 Å². The van der Waals surface area contributed by atoms with Gasteiger partial charge in [0, 0.05) is 0 Å². The summed E-state index contributed by atoms with van der Waals surface area (Å²) in [5.41, 5.74) is 0. The average molecular weight is 587 g/mol. The smallest absolute Gasteiger partial charge is 0.610 e. The van der Waals surface area contributed by atoms with Crippen molar-refractivity contribution in [1.82, 2.24) is 0 Å². The molecule has 27 heavy (non-hydrogen) atoms. The molecule has 0 heterocycles. The van der Waals surface area contributed by atoms with Crippen LogP contribution in [0.15, 0.2) is 0 Å². The van der Waals surface area contributed by atoms with Gasteiger partial charge in [0.2, 0.25) is 0 Å². The van der Waals surface area contributed by atoms with Crippen LogP contribution in [0, 0.1) is 0 Å². The van der Waals surface area contributed by atoms with Crippen LogP contribution in [0.4, 0.5) is 0 Å². The molecule has 0 aliphatic rings. The van der Waals surface area contributed by atoms with E-state index < -0.39 is 14.8 Å². The van der Waals surface area contributed by atoms with Crippen LogP contribution in [0.3, 0.4) is 0 Å². The van der Waals surface area contributed by atoms with E-state index in [2.05, 4.69) is 0 Å². The number of halogens is 10. The predicted molar refractivity (Wildman–Crippen MR) is 120 cm³/mol. The fourth-order valence-electron chi connectivity index (χ4n) is 1.83. The van der Waals surface area contributed by atoms with Crippen molar-refractivity contribution < 1.29 is 7.58 Å². The maximum atomic E-state index is 6.18. The van der Waals surface area contributed by atoms with Gasteiger partial charge in [-0.2, -0.15) is 0 Å². The minimum atomic E-state index is -2.55. The van der Waals surface area contributed by atoms with Crippen molar-refractivity contribution in [3.63, 3.8) is 0 Å². The highest BCUT2D eigenvalue weighted by atomic mass is 35.5. The van der Waals surface area contributed by atoms with Crippen LogP contribution in [0.5, 0.6) is 11.5 Å². The molecule has 2 rings (SSSR count). The zero-order valence-corrected chi connectivity index (χ0v) is 21.6. The Labute approximate surface area is 210 Å². The second-order valence-electron chi connectivity index (χ2n) is 4.87. The van der Waals surface area contributed by atoms with Crippen molar-refractivity contribution in [2.45, 2.75) is 12.2 Å². The molecule has 13 heteroatoms. The Kier molecular flexibility index (Phi) is 9.33. The molecule has 0 aliphatic heterocycles. The highest BCUT2D eigenvalue weighted by Crippen LogP contribution is 2.50. The molecular formula is C14H5AlCl10O2. The van der Waals surface area contributed by atoms with Crippen molar-refractivity contribution in [3.8, 4) is 11.5 Å². The van der Waals surface area contributed by atoms with E-state index in [0.29, 0.717) is 5.28 Å². The topological polar surface area (TPSA) is 18.5 Å². The van der Waals surface area contributed by atoms with Gasteiger partial charge in [-0.05, 0) is 5.28 Å². The van der Waals surface area contributed by atoms with Gasteiger partial charge in [-0.3, -0.25) is 0 Å². The fourth-order valence-corrected chi connectivity index (χ4v) is 5.93. The van der Waals surface area contributed by atoms with E-state index in [4.69, 9.17) is 124 Å². The molecule has 0 aromatic heterocycles. The molecular weight excluding hydrogens is 582 g/mol. The van der Waals surface area contributed by atoms with Crippen LogP contribution in [0.1, 0.15) is 6.92 Å². The maximum Gasteiger partial charge on any atom is 0.856 e. The van der Waals surface area contributed by atoms with Gasteiger partial charge in [0.25, 0.3) is 0 Å². The zero-order chi connectivity index (χ0) is 20.6. The minimum absolute atomic E-state index is 0.000216. The second-order valence-corrected chi connectivity index (χ2v) is 10.8. The Hall–Kier alpha value is 1.47. The summed E-state index contributed by atoms with van der Waals surface area (Å²) in [6.07, 6.45) is 0. The number of hydrogen-bond acceptors (Lipinski definition) is 2. The Morgan fingerprint density at radius 1 is 0.481 bits per heavy atom. The zero-order valence-electron chi connectivity index (χ0n) is 12.9. The van der Waals surface area contributed by atoms with E-state index in [1.807, 2.05) is 6.92 Å².